The van der Waals surface area contributed by atoms with Gasteiger partial charge < -0.3 is 4.74 Å². The van der Waals surface area contributed by atoms with Crippen molar-refractivity contribution in [2.45, 2.75) is 6.92 Å². The van der Waals surface area contributed by atoms with Gasteiger partial charge in [0.1, 0.15) is 11.6 Å². The lowest BCUT2D eigenvalue weighted by molar-refractivity contribution is 0.342. The Labute approximate surface area is 79.7 Å². The van der Waals surface area contributed by atoms with Crippen molar-refractivity contribution in [2.75, 3.05) is 11.9 Å². The molecule has 0 aliphatic carbocycles. The van der Waals surface area contributed by atoms with Gasteiger partial charge in [0.15, 0.2) is 0 Å². The van der Waals surface area contributed by atoms with Gasteiger partial charge in [-0.15, -0.1) is 0 Å². The average molecular weight is 233 g/mol. The molecule has 1 aromatic rings. The Hall–Kier alpha value is -0.570. The molecule has 0 saturated carbocycles. The normalized spacial score (nSPS) is 9.92. The number of benzene rings is 1. The van der Waals surface area contributed by atoms with Crippen molar-refractivity contribution in [3.8, 4) is 5.75 Å². The highest BCUT2D eigenvalue weighted by atomic mass is 79.9. The molecule has 1 nitrogen and oxygen atoms in total. The summed E-state index contributed by atoms with van der Waals surface area (Å²) in [4.78, 5) is 0. The Bertz CT molecular complexity index is 263. The molecular formula is C9H10BrFO. The third-order valence-corrected chi connectivity index (χ3v) is 1.80. The zero-order valence-corrected chi connectivity index (χ0v) is 8.40. The molecule has 0 amide bonds. The highest BCUT2D eigenvalue weighted by molar-refractivity contribution is 9.09. The Morgan fingerprint density at radius 2 is 2.25 bits per heavy atom. The van der Waals surface area contributed by atoms with E-state index in [2.05, 4.69) is 15.9 Å². The summed E-state index contributed by atoms with van der Waals surface area (Å²) in [5.74, 6) is 0.523. The van der Waals surface area contributed by atoms with Gasteiger partial charge in [0.2, 0.25) is 0 Å². The quantitative estimate of drug-likeness (QED) is 0.729. The first-order chi connectivity index (χ1) is 5.74. The summed E-state index contributed by atoms with van der Waals surface area (Å²) in [5.41, 5.74) is 0.830. The van der Waals surface area contributed by atoms with Gasteiger partial charge in [-0.05, 0) is 30.7 Å². The largest absolute Gasteiger partial charge is 0.492 e. The third kappa shape index (κ3) is 2.48. The predicted octanol–water partition coefficient (Wildman–Crippen LogP) is 2.91. The second-order valence-corrected chi connectivity index (χ2v) is 3.24. The highest BCUT2D eigenvalue weighted by Gasteiger charge is 1.99. The lowest BCUT2D eigenvalue weighted by Gasteiger charge is -2.06. The van der Waals surface area contributed by atoms with Crippen LogP contribution < -0.4 is 4.74 Å². The molecule has 0 N–H and O–H groups in total. The first-order valence-corrected chi connectivity index (χ1v) is 4.81. The fourth-order valence-electron chi connectivity index (χ4n) is 0.923. The van der Waals surface area contributed by atoms with Gasteiger partial charge in [-0.1, -0.05) is 15.9 Å². The molecule has 0 heterocycles. The lowest BCUT2D eigenvalue weighted by atomic mass is 10.2. The van der Waals surface area contributed by atoms with Crippen LogP contribution in [0.1, 0.15) is 5.56 Å². The average Bonchev–Trinajstić information content (AvgIpc) is 2.03. The minimum atomic E-state index is -0.223. The molecule has 3 heteroatoms. The summed E-state index contributed by atoms with van der Waals surface area (Å²) in [6.45, 7) is 2.43. The maximum Gasteiger partial charge on any atom is 0.123 e. The van der Waals surface area contributed by atoms with Gasteiger partial charge in [0, 0.05) is 5.33 Å². The molecule has 0 aromatic heterocycles. The van der Waals surface area contributed by atoms with E-state index in [4.69, 9.17) is 4.74 Å². The van der Waals surface area contributed by atoms with Crippen molar-refractivity contribution in [3.63, 3.8) is 0 Å². The fraction of sp³-hybridized carbons (Fsp3) is 0.333. The summed E-state index contributed by atoms with van der Waals surface area (Å²) in [7, 11) is 0. The molecular weight excluding hydrogens is 223 g/mol. The standard InChI is InChI=1S/C9H10BrFO/c1-7-6-8(11)2-3-9(7)12-5-4-10/h2-3,6H,4-5H2,1H3. The van der Waals surface area contributed by atoms with Crippen LogP contribution in [0.2, 0.25) is 0 Å². The number of halogens is 2. The minimum Gasteiger partial charge on any atom is -0.492 e. The Balaban J connectivity index is 2.72. The van der Waals surface area contributed by atoms with Gasteiger partial charge >= 0.3 is 0 Å². The first kappa shape index (κ1) is 9.52. The van der Waals surface area contributed by atoms with Crippen LogP contribution >= 0.6 is 15.9 Å². The van der Waals surface area contributed by atoms with E-state index in [1.807, 2.05) is 6.92 Å². The third-order valence-electron chi connectivity index (χ3n) is 1.47. The van der Waals surface area contributed by atoms with Crippen molar-refractivity contribution in [2.24, 2.45) is 0 Å². The molecule has 0 unspecified atom stereocenters. The van der Waals surface area contributed by atoms with Gasteiger partial charge in [0.05, 0.1) is 6.61 Å². The van der Waals surface area contributed by atoms with E-state index in [0.29, 0.717) is 6.61 Å². The van der Waals surface area contributed by atoms with E-state index in [9.17, 15) is 4.39 Å². The Morgan fingerprint density at radius 3 is 2.83 bits per heavy atom. The molecule has 0 atom stereocenters. The van der Waals surface area contributed by atoms with E-state index in [-0.39, 0.29) is 5.82 Å². The van der Waals surface area contributed by atoms with Crippen LogP contribution in [0.5, 0.6) is 5.75 Å². The first-order valence-electron chi connectivity index (χ1n) is 3.69. The number of hydrogen-bond donors (Lipinski definition) is 0. The summed E-state index contributed by atoms with van der Waals surface area (Å²) in [6, 6.07) is 4.51. The molecule has 66 valence electrons. The van der Waals surface area contributed by atoms with Gasteiger partial charge in [-0.25, -0.2) is 4.39 Å². The van der Waals surface area contributed by atoms with Crippen molar-refractivity contribution in [3.05, 3.63) is 29.6 Å². The van der Waals surface area contributed by atoms with Crippen LogP contribution in [-0.2, 0) is 0 Å². The van der Waals surface area contributed by atoms with Crippen molar-refractivity contribution >= 4 is 15.9 Å². The molecule has 1 aromatic carbocycles. The van der Waals surface area contributed by atoms with E-state index in [1.54, 1.807) is 6.07 Å². The maximum atomic E-state index is 12.6. The van der Waals surface area contributed by atoms with E-state index in [1.165, 1.54) is 12.1 Å². The van der Waals surface area contributed by atoms with E-state index >= 15 is 0 Å². The van der Waals surface area contributed by atoms with Crippen LogP contribution in [0.25, 0.3) is 0 Å². The monoisotopic (exact) mass is 232 g/mol. The molecule has 0 spiro atoms. The highest BCUT2D eigenvalue weighted by Crippen LogP contribution is 2.18. The Kier molecular flexibility index (Phi) is 3.53. The summed E-state index contributed by atoms with van der Waals surface area (Å²) in [6.07, 6.45) is 0. The van der Waals surface area contributed by atoms with E-state index < -0.39 is 0 Å². The fourth-order valence-corrected chi connectivity index (χ4v) is 1.09. The topological polar surface area (TPSA) is 9.23 Å². The second-order valence-electron chi connectivity index (χ2n) is 2.45. The number of aryl methyl sites for hydroxylation is 1. The molecule has 0 fully saturated rings. The van der Waals surface area contributed by atoms with Crippen LogP contribution in [-0.4, -0.2) is 11.9 Å². The van der Waals surface area contributed by atoms with Crippen molar-refractivity contribution in [1.29, 1.82) is 0 Å². The number of rotatable bonds is 3. The molecule has 0 aliphatic rings. The van der Waals surface area contributed by atoms with Gasteiger partial charge in [0.25, 0.3) is 0 Å². The van der Waals surface area contributed by atoms with Crippen molar-refractivity contribution < 1.29 is 9.13 Å². The molecule has 0 radical (unpaired) electrons. The minimum absolute atomic E-state index is 0.223. The summed E-state index contributed by atoms with van der Waals surface area (Å²) < 4.78 is 17.9. The van der Waals surface area contributed by atoms with Gasteiger partial charge in [-0.2, -0.15) is 0 Å². The summed E-state index contributed by atoms with van der Waals surface area (Å²) >= 11 is 3.25. The number of alkyl halides is 1. The van der Waals surface area contributed by atoms with Crippen molar-refractivity contribution in [1.82, 2.24) is 0 Å². The SMILES string of the molecule is Cc1cc(F)ccc1OCCBr. The number of ether oxygens (including phenoxy) is 1. The van der Waals surface area contributed by atoms with Crippen LogP contribution in [0, 0.1) is 12.7 Å². The second kappa shape index (κ2) is 4.45. The maximum absolute atomic E-state index is 12.6. The summed E-state index contributed by atoms with van der Waals surface area (Å²) in [5, 5.41) is 0.782. The molecule has 0 bridgehead atoms. The zero-order valence-electron chi connectivity index (χ0n) is 6.81. The number of hydrogen-bond acceptors (Lipinski definition) is 1. The van der Waals surface area contributed by atoms with Crippen LogP contribution in [0.3, 0.4) is 0 Å². The van der Waals surface area contributed by atoms with Gasteiger partial charge in [-0.3, -0.25) is 0 Å². The predicted molar refractivity (Wildman–Crippen MR) is 50.4 cm³/mol. The van der Waals surface area contributed by atoms with E-state index in [0.717, 1.165) is 16.6 Å². The lowest BCUT2D eigenvalue weighted by Crippen LogP contribution is -1.99. The molecule has 12 heavy (non-hydrogen) atoms. The van der Waals surface area contributed by atoms with Crippen LogP contribution in [0.15, 0.2) is 18.2 Å². The zero-order chi connectivity index (χ0) is 8.97. The molecule has 0 saturated heterocycles. The Morgan fingerprint density at radius 1 is 1.50 bits per heavy atom. The molecule has 1 rings (SSSR count). The smallest absolute Gasteiger partial charge is 0.123 e. The van der Waals surface area contributed by atoms with Crippen LogP contribution in [0.4, 0.5) is 4.39 Å². The molecule has 0 aliphatic heterocycles.